The van der Waals surface area contributed by atoms with Gasteiger partial charge in [0.2, 0.25) is 0 Å². The van der Waals surface area contributed by atoms with E-state index in [9.17, 15) is 4.79 Å². The molecule has 1 aromatic heterocycles. The van der Waals surface area contributed by atoms with Gasteiger partial charge in [-0.15, -0.1) is 0 Å². The van der Waals surface area contributed by atoms with Crippen molar-refractivity contribution in [2.75, 3.05) is 11.9 Å². The third-order valence-corrected chi connectivity index (χ3v) is 3.81. The van der Waals surface area contributed by atoms with Crippen LogP contribution in [0.25, 0.3) is 6.08 Å². The van der Waals surface area contributed by atoms with Crippen LogP contribution in [0.4, 0.5) is 5.82 Å². The Morgan fingerprint density at radius 2 is 2.38 bits per heavy atom. The number of carbonyl (C=O) groups is 1. The molecule has 1 aliphatic rings. The number of aromatic amines is 1. The quantitative estimate of drug-likeness (QED) is 0.896. The molecule has 21 heavy (non-hydrogen) atoms. The molecule has 0 spiro atoms. The van der Waals surface area contributed by atoms with E-state index >= 15 is 0 Å². The number of fused-ring (bicyclic) bond motifs is 1. The van der Waals surface area contributed by atoms with Gasteiger partial charge in [-0.2, -0.15) is 5.10 Å². The smallest absolute Gasteiger partial charge is 0.256 e. The Hall–Kier alpha value is -2.08. The number of nitrogens with one attached hydrogen (secondary N) is 2. The van der Waals surface area contributed by atoms with Crippen LogP contribution in [0.1, 0.15) is 18.1 Å². The van der Waals surface area contributed by atoms with Gasteiger partial charge in [0, 0.05) is 15.6 Å². The molecule has 0 saturated carbocycles. The molecule has 2 aromatic rings. The molecule has 1 aliphatic heterocycles. The van der Waals surface area contributed by atoms with Crippen LogP contribution in [0.15, 0.2) is 34.4 Å². The van der Waals surface area contributed by atoms with Gasteiger partial charge in [-0.1, -0.05) is 22.9 Å². The molecule has 1 amide bonds. The lowest BCUT2D eigenvalue weighted by molar-refractivity contribution is -0.113. The largest absolute Gasteiger partial charge is 0.488 e. The van der Waals surface area contributed by atoms with Crippen LogP contribution < -0.4 is 10.1 Å². The van der Waals surface area contributed by atoms with Crippen molar-refractivity contribution >= 4 is 33.7 Å². The number of aromatic nitrogens is 2. The molecule has 0 fully saturated rings. The highest BCUT2D eigenvalue weighted by molar-refractivity contribution is 9.10. The Morgan fingerprint density at radius 1 is 1.52 bits per heavy atom. The second-order valence-corrected chi connectivity index (χ2v) is 5.63. The molecule has 0 saturated heterocycles. The van der Waals surface area contributed by atoms with Gasteiger partial charge in [-0.05, 0) is 30.7 Å². The van der Waals surface area contributed by atoms with Crippen LogP contribution in [-0.2, 0) is 11.2 Å². The zero-order valence-corrected chi connectivity index (χ0v) is 13.0. The van der Waals surface area contributed by atoms with Gasteiger partial charge in [0.25, 0.3) is 5.91 Å². The highest BCUT2D eigenvalue weighted by Crippen LogP contribution is 2.29. The van der Waals surface area contributed by atoms with Crippen LogP contribution in [0, 0.1) is 0 Å². The number of halogens is 1. The Bertz CT molecular complexity index is 721. The fourth-order valence-electron chi connectivity index (χ4n) is 2.16. The van der Waals surface area contributed by atoms with Gasteiger partial charge < -0.3 is 10.1 Å². The van der Waals surface area contributed by atoms with Crippen LogP contribution in [-0.4, -0.2) is 22.7 Å². The van der Waals surface area contributed by atoms with Crippen molar-refractivity contribution in [2.45, 2.75) is 13.3 Å². The highest BCUT2D eigenvalue weighted by atomic mass is 79.9. The van der Waals surface area contributed by atoms with E-state index in [-0.39, 0.29) is 12.5 Å². The Labute approximate surface area is 130 Å². The molecule has 0 unspecified atom stereocenters. The van der Waals surface area contributed by atoms with Crippen molar-refractivity contribution in [1.82, 2.24) is 10.2 Å². The second kappa shape index (κ2) is 5.73. The lowest BCUT2D eigenvalue weighted by Gasteiger charge is -2.17. The summed E-state index contributed by atoms with van der Waals surface area (Å²) in [6.45, 7) is 2.27. The molecular formula is C15H14BrN3O2. The number of carbonyl (C=O) groups excluding carboxylic acids is 1. The van der Waals surface area contributed by atoms with E-state index in [1.807, 2.05) is 31.2 Å². The van der Waals surface area contributed by atoms with Crippen molar-refractivity contribution < 1.29 is 9.53 Å². The van der Waals surface area contributed by atoms with E-state index in [2.05, 4.69) is 31.4 Å². The van der Waals surface area contributed by atoms with E-state index < -0.39 is 0 Å². The minimum absolute atomic E-state index is 0.181. The maximum atomic E-state index is 12.3. The third-order valence-electron chi connectivity index (χ3n) is 3.31. The fourth-order valence-corrected chi connectivity index (χ4v) is 2.54. The summed E-state index contributed by atoms with van der Waals surface area (Å²) in [6.07, 6.45) is 4.37. The first-order valence-corrected chi connectivity index (χ1v) is 7.43. The number of rotatable bonds is 3. The van der Waals surface area contributed by atoms with Gasteiger partial charge in [-0.3, -0.25) is 9.89 Å². The second-order valence-electron chi connectivity index (χ2n) is 4.72. The van der Waals surface area contributed by atoms with Crippen molar-refractivity contribution in [3.8, 4) is 5.75 Å². The number of benzene rings is 1. The minimum atomic E-state index is -0.181. The topological polar surface area (TPSA) is 67.0 Å². The number of hydrogen-bond acceptors (Lipinski definition) is 3. The predicted octanol–water partition coefficient (Wildman–Crippen LogP) is 3.15. The monoisotopic (exact) mass is 347 g/mol. The average Bonchev–Trinajstić information content (AvgIpc) is 2.93. The van der Waals surface area contributed by atoms with E-state index in [0.717, 1.165) is 27.8 Å². The first kappa shape index (κ1) is 13.9. The number of amides is 1. The summed E-state index contributed by atoms with van der Waals surface area (Å²) < 4.78 is 6.56. The summed E-state index contributed by atoms with van der Waals surface area (Å²) in [5, 5.41) is 9.58. The number of H-pyrrole nitrogens is 1. The summed E-state index contributed by atoms with van der Waals surface area (Å²) in [7, 11) is 0. The molecule has 6 heteroatoms. The van der Waals surface area contributed by atoms with Crippen molar-refractivity contribution in [2.24, 2.45) is 0 Å². The fraction of sp³-hybridized carbons (Fsp3) is 0.200. The van der Waals surface area contributed by atoms with Gasteiger partial charge in [-0.25, -0.2) is 0 Å². The summed E-state index contributed by atoms with van der Waals surface area (Å²) in [6, 6.07) is 5.72. The highest BCUT2D eigenvalue weighted by Gasteiger charge is 2.18. The molecule has 2 N–H and O–H groups in total. The molecule has 5 nitrogen and oxygen atoms in total. The van der Waals surface area contributed by atoms with E-state index in [4.69, 9.17) is 4.74 Å². The maximum absolute atomic E-state index is 12.3. The van der Waals surface area contributed by atoms with Crippen LogP contribution in [0.2, 0.25) is 0 Å². The summed E-state index contributed by atoms with van der Waals surface area (Å²) in [5.41, 5.74) is 2.45. The Balaban J connectivity index is 1.83. The lowest BCUT2D eigenvalue weighted by Crippen LogP contribution is -2.21. The SMILES string of the molecule is CCc1cn[nH]c1NC(=O)C1=Cc2cc(Br)ccc2OC1. The molecule has 0 atom stereocenters. The van der Waals surface area contributed by atoms with Crippen molar-refractivity contribution in [3.05, 3.63) is 45.6 Å². The van der Waals surface area contributed by atoms with E-state index in [0.29, 0.717) is 11.4 Å². The Morgan fingerprint density at radius 3 is 3.19 bits per heavy atom. The van der Waals surface area contributed by atoms with Crippen LogP contribution >= 0.6 is 15.9 Å². The minimum Gasteiger partial charge on any atom is -0.488 e. The normalized spacial score (nSPS) is 13.1. The first-order valence-electron chi connectivity index (χ1n) is 6.64. The Kier molecular flexibility index (Phi) is 3.79. The molecule has 1 aromatic carbocycles. The zero-order chi connectivity index (χ0) is 14.8. The summed E-state index contributed by atoms with van der Waals surface area (Å²) >= 11 is 3.42. The van der Waals surface area contributed by atoms with Gasteiger partial charge in [0.05, 0.1) is 11.8 Å². The average molecular weight is 348 g/mol. The predicted molar refractivity (Wildman–Crippen MR) is 84.2 cm³/mol. The first-order chi connectivity index (χ1) is 10.2. The number of ether oxygens (including phenoxy) is 1. The van der Waals surface area contributed by atoms with Gasteiger partial charge >= 0.3 is 0 Å². The molecule has 3 rings (SSSR count). The van der Waals surface area contributed by atoms with Crippen LogP contribution in [0.5, 0.6) is 5.75 Å². The maximum Gasteiger partial charge on any atom is 0.256 e. The molecule has 0 bridgehead atoms. The molecule has 2 heterocycles. The number of aryl methyl sites for hydroxylation is 1. The van der Waals surface area contributed by atoms with Crippen LogP contribution in [0.3, 0.4) is 0 Å². The summed E-state index contributed by atoms with van der Waals surface area (Å²) in [5.74, 6) is 1.24. The molecular weight excluding hydrogens is 334 g/mol. The molecule has 108 valence electrons. The lowest BCUT2D eigenvalue weighted by atomic mass is 10.1. The van der Waals surface area contributed by atoms with Crippen molar-refractivity contribution in [1.29, 1.82) is 0 Å². The van der Waals surface area contributed by atoms with Gasteiger partial charge in [0.15, 0.2) is 0 Å². The van der Waals surface area contributed by atoms with Gasteiger partial charge in [0.1, 0.15) is 18.2 Å². The number of hydrogen-bond donors (Lipinski definition) is 2. The third kappa shape index (κ3) is 2.85. The molecule has 0 aliphatic carbocycles. The summed E-state index contributed by atoms with van der Waals surface area (Å²) in [4.78, 5) is 12.3. The standard InChI is InChI=1S/C15H14BrN3O2/c1-2-9-7-17-19-14(9)18-15(20)11-5-10-6-12(16)3-4-13(10)21-8-11/h3-7H,2,8H2,1H3,(H2,17,18,19,20). The van der Waals surface area contributed by atoms with Crippen molar-refractivity contribution in [3.63, 3.8) is 0 Å². The van der Waals surface area contributed by atoms with E-state index in [1.165, 1.54) is 0 Å². The molecule has 0 radical (unpaired) electrons. The number of nitrogens with zero attached hydrogens (tertiary/aromatic N) is 1. The van der Waals surface area contributed by atoms with E-state index in [1.54, 1.807) is 6.20 Å². The zero-order valence-electron chi connectivity index (χ0n) is 11.4. The number of anilines is 1.